The first-order chi connectivity index (χ1) is 14.1. The molecule has 0 aliphatic heterocycles. The first kappa shape index (κ1) is 19.5. The standard InChI is InChI=1S/C25H27NO3/c1-17(23-8-4-6-19-5-2-3-7-24(19)23)26-21-12-9-20(15-21)18-10-13-22(14-11-18)29-16-25(27)28/h2-8,10-11,13-14,17,20-21,26H,9,12,15-16H2,1H3,(H,27,28). The largest absolute Gasteiger partial charge is 0.482 e. The van der Waals surface area contributed by atoms with E-state index in [9.17, 15) is 4.79 Å². The number of hydrogen-bond acceptors (Lipinski definition) is 3. The molecule has 2 N–H and O–H groups in total. The van der Waals surface area contributed by atoms with Gasteiger partial charge in [0.25, 0.3) is 0 Å². The van der Waals surface area contributed by atoms with Crippen molar-refractivity contribution in [2.75, 3.05) is 6.61 Å². The summed E-state index contributed by atoms with van der Waals surface area (Å²) in [4.78, 5) is 10.6. The lowest BCUT2D eigenvalue weighted by molar-refractivity contribution is -0.139. The Kier molecular flexibility index (Phi) is 5.81. The summed E-state index contributed by atoms with van der Waals surface area (Å²) >= 11 is 0. The van der Waals surface area contributed by atoms with Gasteiger partial charge < -0.3 is 15.2 Å². The van der Waals surface area contributed by atoms with Crippen molar-refractivity contribution in [3.05, 3.63) is 77.9 Å². The van der Waals surface area contributed by atoms with Gasteiger partial charge in [-0.05, 0) is 66.1 Å². The molecule has 4 rings (SSSR count). The summed E-state index contributed by atoms with van der Waals surface area (Å²) < 4.78 is 5.23. The third-order valence-electron chi connectivity index (χ3n) is 5.92. The van der Waals surface area contributed by atoms with E-state index >= 15 is 0 Å². The maximum Gasteiger partial charge on any atom is 0.341 e. The molecule has 4 heteroatoms. The Morgan fingerprint density at radius 2 is 1.83 bits per heavy atom. The zero-order chi connectivity index (χ0) is 20.2. The van der Waals surface area contributed by atoms with Gasteiger partial charge in [-0.2, -0.15) is 0 Å². The summed E-state index contributed by atoms with van der Waals surface area (Å²) in [5, 5.41) is 15.2. The van der Waals surface area contributed by atoms with E-state index in [1.807, 2.05) is 12.1 Å². The lowest BCUT2D eigenvalue weighted by Gasteiger charge is -2.21. The van der Waals surface area contributed by atoms with Crippen LogP contribution in [0.1, 0.15) is 49.3 Å². The Morgan fingerprint density at radius 3 is 2.62 bits per heavy atom. The maximum absolute atomic E-state index is 10.6. The van der Waals surface area contributed by atoms with Crippen molar-refractivity contribution >= 4 is 16.7 Å². The molecular formula is C25H27NO3. The van der Waals surface area contributed by atoms with Gasteiger partial charge in [-0.25, -0.2) is 4.79 Å². The number of carboxylic acid groups (broad SMARTS) is 1. The van der Waals surface area contributed by atoms with Gasteiger partial charge in [-0.3, -0.25) is 0 Å². The highest BCUT2D eigenvalue weighted by Crippen LogP contribution is 2.36. The second-order valence-electron chi connectivity index (χ2n) is 7.92. The van der Waals surface area contributed by atoms with Crippen LogP contribution in [0.2, 0.25) is 0 Å². The fourth-order valence-electron chi connectivity index (χ4n) is 4.49. The Hall–Kier alpha value is -2.85. The van der Waals surface area contributed by atoms with Crippen LogP contribution in [0.3, 0.4) is 0 Å². The van der Waals surface area contributed by atoms with Gasteiger partial charge in [-0.15, -0.1) is 0 Å². The Balaban J connectivity index is 1.38. The molecule has 0 saturated heterocycles. The molecular weight excluding hydrogens is 362 g/mol. The molecule has 29 heavy (non-hydrogen) atoms. The van der Waals surface area contributed by atoms with Crippen molar-refractivity contribution < 1.29 is 14.6 Å². The van der Waals surface area contributed by atoms with E-state index in [0.29, 0.717) is 23.8 Å². The lowest BCUT2D eigenvalue weighted by Crippen LogP contribution is -2.29. The zero-order valence-corrected chi connectivity index (χ0v) is 16.7. The maximum atomic E-state index is 10.6. The van der Waals surface area contributed by atoms with Crippen molar-refractivity contribution in [1.29, 1.82) is 0 Å². The Bertz CT molecular complexity index is 978. The predicted molar refractivity (Wildman–Crippen MR) is 115 cm³/mol. The highest BCUT2D eigenvalue weighted by atomic mass is 16.5. The third kappa shape index (κ3) is 4.60. The number of nitrogens with one attached hydrogen (secondary N) is 1. The van der Waals surface area contributed by atoms with Crippen LogP contribution in [0.25, 0.3) is 10.8 Å². The molecule has 0 heterocycles. The number of hydrogen-bond donors (Lipinski definition) is 2. The molecule has 0 spiro atoms. The number of fused-ring (bicyclic) bond motifs is 1. The number of rotatable bonds is 7. The van der Waals surface area contributed by atoms with E-state index in [-0.39, 0.29) is 6.61 Å². The number of ether oxygens (including phenoxy) is 1. The first-order valence-corrected chi connectivity index (χ1v) is 10.3. The van der Waals surface area contributed by atoms with E-state index in [1.165, 1.54) is 21.9 Å². The summed E-state index contributed by atoms with van der Waals surface area (Å²) in [5.41, 5.74) is 2.65. The van der Waals surface area contributed by atoms with Gasteiger partial charge in [-0.1, -0.05) is 54.6 Å². The highest BCUT2D eigenvalue weighted by Gasteiger charge is 2.27. The predicted octanol–water partition coefficient (Wildman–Crippen LogP) is 5.29. The highest BCUT2D eigenvalue weighted by molar-refractivity contribution is 5.86. The van der Waals surface area contributed by atoms with Gasteiger partial charge in [0.2, 0.25) is 0 Å². The molecule has 150 valence electrons. The molecule has 1 saturated carbocycles. The molecule has 4 nitrogen and oxygen atoms in total. The van der Waals surface area contributed by atoms with Crippen molar-refractivity contribution in [1.82, 2.24) is 5.32 Å². The number of carbonyl (C=O) groups is 1. The monoisotopic (exact) mass is 389 g/mol. The summed E-state index contributed by atoms with van der Waals surface area (Å²) in [7, 11) is 0. The van der Waals surface area contributed by atoms with Crippen LogP contribution < -0.4 is 10.1 Å². The topological polar surface area (TPSA) is 58.6 Å². The molecule has 3 aromatic rings. The number of aliphatic carboxylic acids is 1. The quantitative estimate of drug-likeness (QED) is 0.576. The van der Waals surface area contributed by atoms with E-state index < -0.39 is 5.97 Å². The Morgan fingerprint density at radius 1 is 1.07 bits per heavy atom. The summed E-state index contributed by atoms with van der Waals surface area (Å²) in [6.45, 7) is 1.95. The average molecular weight is 389 g/mol. The summed E-state index contributed by atoms with van der Waals surface area (Å²) in [6, 6.07) is 23.8. The number of benzene rings is 3. The van der Waals surface area contributed by atoms with Crippen molar-refractivity contribution in [2.45, 2.75) is 44.2 Å². The fourth-order valence-corrected chi connectivity index (χ4v) is 4.49. The second kappa shape index (κ2) is 8.66. The van der Waals surface area contributed by atoms with Crippen LogP contribution in [-0.2, 0) is 4.79 Å². The van der Waals surface area contributed by atoms with Gasteiger partial charge in [0.1, 0.15) is 5.75 Å². The van der Waals surface area contributed by atoms with Gasteiger partial charge in [0.15, 0.2) is 6.61 Å². The number of carboxylic acids is 1. The first-order valence-electron chi connectivity index (χ1n) is 10.3. The molecule has 1 fully saturated rings. The lowest BCUT2D eigenvalue weighted by atomic mass is 9.96. The third-order valence-corrected chi connectivity index (χ3v) is 5.92. The van der Waals surface area contributed by atoms with Crippen molar-refractivity contribution in [2.24, 2.45) is 0 Å². The van der Waals surface area contributed by atoms with Crippen LogP contribution in [0, 0.1) is 0 Å². The van der Waals surface area contributed by atoms with Gasteiger partial charge in [0, 0.05) is 12.1 Å². The fraction of sp³-hybridized carbons (Fsp3) is 0.320. The van der Waals surface area contributed by atoms with E-state index in [0.717, 1.165) is 19.3 Å². The van der Waals surface area contributed by atoms with Crippen molar-refractivity contribution in [3.8, 4) is 5.75 Å². The summed E-state index contributed by atoms with van der Waals surface area (Å²) in [5.74, 6) is 0.174. The second-order valence-corrected chi connectivity index (χ2v) is 7.92. The summed E-state index contributed by atoms with van der Waals surface area (Å²) in [6.07, 6.45) is 3.44. The minimum atomic E-state index is -0.959. The van der Waals surface area contributed by atoms with E-state index in [4.69, 9.17) is 9.84 Å². The van der Waals surface area contributed by atoms with Crippen LogP contribution in [0.5, 0.6) is 5.75 Å². The van der Waals surface area contributed by atoms with Crippen LogP contribution in [0.4, 0.5) is 0 Å². The molecule has 3 aromatic carbocycles. The van der Waals surface area contributed by atoms with E-state index in [2.05, 4.69) is 66.8 Å². The van der Waals surface area contributed by atoms with Crippen molar-refractivity contribution in [3.63, 3.8) is 0 Å². The Labute approximate surface area is 171 Å². The zero-order valence-electron chi connectivity index (χ0n) is 16.7. The molecule has 0 radical (unpaired) electrons. The van der Waals surface area contributed by atoms with Gasteiger partial charge in [0.05, 0.1) is 0 Å². The SMILES string of the molecule is CC(NC1CCC(c2ccc(OCC(=O)O)cc2)C1)c1cccc2ccccc12. The van der Waals surface area contributed by atoms with Crippen LogP contribution >= 0.6 is 0 Å². The van der Waals surface area contributed by atoms with Crippen LogP contribution in [0.15, 0.2) is 66.7 Å². The van der Waals surface area contributed by atoms with Crippen LogP contribution in [-0.4, -0.2) is 23.7 Å². The smallest absolute Gasteiger partial charge is 0.341 e. The van der Waals surface area contributed by atoms with Gasteiger partial charge >= 0.3 is 5.97 Å². The minimum Gasteiger partial charge on any atom is -0.482 e. The van der Waals surface area contributed by atoms with E-state index in [1.54, 1.807) is 0 Å². The average Bonchev–Trinajstić information content (AvgIpc) is 3.20. The molecule has 0 amide bonds. The minimum absolute atomic E-state index is 0.302. The molecule has 1 aliphatic rings. The molecule has 1 aliphatic carbocycles. The molecule has 0 aromatic heterocycles. The normalized spacial score (nSPS) is 19.9. The molecule has 0 bridgehead atoms. The molecule has 3 unspecified atom stereocenters. The molecule has 3 atom stereocenters.